The maximum atomic E-state index is 13.8. The Morgan fingerprint density at radius 3 is 2.67 bits per heavy atom. The molecule has 1 aromatic heterocycles. The lowest BCUT2D eigenvalue weighted by Gasteiger charge is -2.33. The van der Waals surface area contributed by atoms with Crippen LogP contribution in [0.4, 0.5) is 4.39 Å². The van der Waals surface area contributed by atoms with Crippen LogP contribution in [-0.2, 0) is 5.41 Å². The first-order chi connectivity index (χ1) is 11.3. The number of nitrogens with zero attached hydrogens (tertiary/aromatic N) is 2. The number of ether oxygens (including phenoxy) is 1. The third-order valence-corrected chi connectivity index (χ3v) is 6.78. The third-order valence-electron chi connectivity index (χ3n) is 6.47. The van der Waals surface area contributed by atoms with E-state index >= 15 is 0 Å². The lowest BCUT2D eigenvalue weighted by Crippen LogP contribution is -2.32. The van der Waals surface area contributed by atoms with Crippen molar-refractivity contribution in [3.05, 3.63) is 40.3 Å². The maximum absolute atomic E-state index is 13.8. The molecule has 0 radical (unpaired) electrons. The summed E-state index contributed by atoms with van der Waals surface area (Å²) in [4.78, 5) is 0. The van der Waals surface area contributed by atoms with E-state index in [-0.39, 0.29) is 16.6 Å². The Morgan fingerprint density at radius 1 is 1.21 bits per heavy atom. The highest BCUT2D eigenvalue weighted by atomic mass is 35.5. The average molecular weight is 347 g/mol. The third kappa shape index (κ3) is 1.83. The van der Waals surface area contributed by atoms with E-state index in [1.807, 2.05) is 0 Å². The number of methoxy groups -OCH3 is 1. The van der Waals surface area contributed by atoms with E-state index < -0.39 is 5.82 Å². The van der Waals surface area contributed by atoms with Crippen molar-refractivity contribution in [2.24, 2.45) is 5.41 Å². The Balaban J connectivity index is 1.87. The lowest BCUT2D eigenvalue weighted by atomic mass is 9.70. The van der Waals surface area contributed by atoms with Crippen LogP contribution in [-0.4, -0.2) is 17.3 Å². The van der Waals surface area contributed by atoms with Gasteiger partial charge < -0.3 is 4.74 Å². The Hall–Kier alpha value is -1.68. The van der Waals surface area contributed by atoms with Gasteiger partial charge in [0.25, 0.3) is 0 Å². The molecule has 2 aromatic rings. The van der Waals surface area contributed by atoms with Crippen LogP contribution in [0.5, 0.6) is 5.75 Å². The van der Waals surface area contributed by atoms with Crippen molar-refractivity contribution >= 4 is 11.6 Å². The standard InChI is InChI=1S/C19H20ClFN2O/c1-18(2)12-5-6-19(18,3)17-10(12)7-15(22-23-17)11-8-16(24-4)14(21)9-13(11)20/h7-9,12H,5-6H2,1-4H3/t12-,19+/m0/s1. The zero-order valence-corrected chi connectivity index (χ0v) is 15.0. The summed E-state index contributed by atoms with van der Waals surface area (Å²) in [6.45, 7) is 6.93. The molecule has 0 aliphatic heterocycles. The summed E-state index contributed by atoms with van der Waals surface area (Å²) in [5.74, 6) is 0.159. The minimum atomic E-state index is -0.479. The highest BCUT2D eigenvalue weighted by Gasteiger charge is 2.60. The van der Waals surface area contributed by atoms with Gasteiger partial charge >= 0.3 is 0 Å². The summed E-state index contributed by atoms with van der Waals surface area (Å²) >= 11 is 6.24. The minimum Gasteiger partial charge on any atom is -0.494 e. The predicted molar refractivity (Wildman–Crippen MR) is 92.1 cm³/mol. The van der Waals surface area contributed by atoms with Crippen molar-refractivity contribution in [2.75, 3.05) is 7.11 Å². The van der Waals surface area contributed by atoms with E-state index in [1.54, 1.807) is 6.07 Å². The van der Waals surface area contributed by atoms with Gasteiger partial charge in [0, 0.05) is 11.0 Å². The molecule has 4 rings (SSSR count). The van der Waals surface area contributed by atoms with Crippen molar-refractivity contribution in [1.29, 1.82) is 0 Å². The Bertz CT molecular complexity index is 852. The molecule has 1 fully saturated rings. The molecule has 24 heavy (non-hydrogen) atoms. The molecule has 126 valence electrons. The number of benzene rings is 1. The molecule has 0 saturated heterocycles. The van der Waals surface area contributed by atoms with E-state index in [9.17, 15) is 4.39 Å². The molecule has 0 unspecified atom stereocenters. The van der Waals surface area contributed by atoms with Crippen LogP contribution in [0.25, 0.3) is 11.3 Å². The van der Waals surface area contributed by atoms with Crippen LogP contribution < -0.4 is 4.74 Å². The fourth-order valence-electron chi connectivity index (χ4n) is 4.58. The predicted octanol–water partition coefficient (Wildman–Crippen LogP) is 5.12. The first kappa shape index (κ1) is 15.8. The first-order valence-corrected chi connectivity index (χ1v) is 8.59. The van der Waals surface area contributed by atoms with Crippen molar-refractivity contribution in [1.82, 2.24) is 10.2 Å². The van der Waals surface area contributed by atoms with Crippen LogP contribution in [0.1, 0.15) is 50.8 Å². The molecule has 0 amide bonds. The fourth-order valence-corrected chi connectivity index (χ4v) is 4.83. The maximum Gasteiger partial charge on any atom is 0.166 e. The topological polar surface area (TPSA) is 35.0 Å². The van der Waals surface area contributed by atoms with Gasteiger partial charge in [-0.1, -0.05) is 32.4 Å². The summed E-state index contributed by atoms with van der Waals surface area (Å²) < 4.78 is 18.9. The normalized spacial score (nSPS) is 26.5. The molecule has 5 heteroatoms. The number of halogens is 2. The fraction of sp³-hybridized carbons (Fsp3) is 0.474. The van der Waals surface area contributed by atoms with Gasteiger partial charge in [-0.3, -0.25) is 0 Å². The van der Waals surface area contributed by atoms with E-state index in [1.165, 1.54) is 25.2 Å². The van der Waals surface area contributed by atoms with Crippen molar-refractivity contribution in [3.8, 4) is 17.0 Å². The Kier molecular flexibility index (Phi) is 3.24. The summed E-state index contributed by atoms with van der Waals surface area (Å²) in [7, 11) is 1.44. The molecule has 0 N–H and O–H groups in total. The zero-order chi connectivity index (χ0) is 17.3. The van der Waals surface area contributed by atoms with E-state index in [0.717, 1.165) is 12.1 Å². The summed E-state index contributed by atoms with van der Waals surface area (Å²) in [5, 5.41) is 9.28. The molecule has 0 spiro atoms. The van der Waals surface area contributed by atoms with Crippen molar-refractivity contribution < 1.29 is 9.13 Å². The molecule has 1 aromatic carbocycles. The molecule has 2 aliphatic rings. The van der Waals surface area contributed by atoms with Gasteiger partial charge in [-0.05, 0) is 47.9 Å². The molecule has 1 saturated carbocycles. The Morgan fingerprint density at radius 2 is 1.96 bits per heavy atom. The molecular formula is C19H20ClFN2O. The van der Waals surface area contributed by atoms with Gasteiger partial charge in [-0.15, -0.1) is 0 Å². The molecule has 2 aliphatic carbocycles. The largest absolute Gasteiger partial charge is 0.494 e. The number of hydrogen-bond donors (Lipinski definition) is 0. The highest BCUT2D eigenvalue weighted by molar-refractivity contribution is 6.33. The number of rotatable bonds is 2. The molecular weight excluding hydrogens is 327 g/mol. The second-order valence-electron chi connectivity index (χ2n) is 7.65. The van der Waals surface area contributed by atoms with Crippen LogP contribution in [0.3, 0.4) is 0 Å². The van der Waals surface area contributed by atoms with Gasteiger partial charge in [-0.25, -0.2) is 4.39 Å². The SMILES string of the molecule is COc1cc(-c2cc3c(nn2)[C@@]2(C)CC[C@@H]3C2(C)C)c(Cl)cc1F. The van der Waals surface area contributed by atoms with Gasteiger partial charge in [-0.2, -0.15) is 10.2 Å². The second kappa shape index (κ2) is 4.92. The monoisotopic (exact) mass is 346 g/mol. The number of hydrogen-bond acceptors (Lipinski definition) is 3. The Labute approximate surface area is 146 Å². The van der Waals surface area contributed by atoms with Crippen molar-refractivity contribution in [2.45, 2.75) is 44.9 Å². The van der Waals surface area contributed by atoms with Gasteiger partial charge in [0.05, 0.1) is 23.5 Å². The summed E-state index contributed by atoms with van der Waals surface area (Å²) in [6, 6.07) is 4.94. The summed E-state index contributed by atoms with van der Waals surface area (Å²) in [6.07, 6.45) is 2.32. The minimum absolute atomic E-state index is 0.0722. The first-order valence-electron chi connectivity index (χ1n) is 8.21. The lowest BCUT2D eigenvalue weighted by molar-refractivity contribution is 0.226. The molecule has 2 atom stereocenters. The number of aromatic nitrogens is 2. The van der Waals surface area contributed by atoms with E-state index in [2.05, 4.69) is 37.0 Å². The van der Waals surface area contributed by atoms with Crippen LogP contribution in [0.15, 0.2) is 18.2 Å². The zero-order valence-electron chi connectivity index (χ0n) is 14.3. The van der Waals surface area contributed by atoms with Crippen molar-refractivity contribution in [3.63, 3.8) is 0 Å². The summed E-state index contributed by atoms with van der Waals surface area (Å²) in [5.41, 5.74) is 3.94. The van der Waals surface area contributed by atoms with Crippen LogP contribution >= 0.6 is 11.6 Å². The quantitative estimate of drug-likeness (QED) is 0.757. The van der Waals surface area contributed by atoms with Crippen LogP contribution in [0.2, 0.25) is 5.02 Å². The smallest absolute Gasteiger partial charge is 0.166 e. The second-order valence-corrected chi connectivity index (χ2v) is 8.05. The van der Waals surface area contributed by atoms with Gasteiger partial charge in [0.15, 0.2) is 11.6 Å². The number of fused-ring (bicyclic) bond motifs is 5. The highest BCUT2D eigenvalue weighted by Crippen LogP contribution is 2.67. The average Bonchev–Trinajstić information content (AvgIpc) is 2.86. The van der Waals surface area contributed by atoms with E-state index in [4.69, 9.17) is 16.3 Å². The molecule has 2 bridgehead atoms. The molecule has 1 heterocycles. The molecule has 3 nitrogen and oxygen atoms in total. The van der Waals surface area contributed by atoms with Crippen LogP contribution in [0, 0.1) is 11.2 Å². The van der Waals surface area contributed by atoms with E-state index in [0.29, 0.717) is 22.2 Å². The van der Waals surface area contributed by atoms with Gasteiger partial charge in [0.2, 0.25) is 0 Å². The van der Waals surface area contributed by atoms with Gasteiger partial charge in [0.1, 0.15) is 0 Å².